The molecule has 0 atom stereocenters. The topological polar surface area (TPSA) is 17.1 Å². The van der Waals surface area contributed by atoms with Crippen LogP contribution in [0.15, 0.2) is 54.6 Å². The highest BCUT2D eigenvalue weighted by atomic mass is 79.9. The normalized spacial score (nSPS) is 10.2. The second-order valence-corrected chi connectivity index (χ2v) is 4.48. The summed E-state index contributed by atoms with van der Waals surface area (Å²) in [6, 6.07) is 17.6. The summed E-state index contributed by atoms with van der Waals surface area (Å²) < 4.78 is 0. The second kappa shape index (κ2) is 5.78. The van der Waals surface area contributed by atoms with E-state index in [9.17, 15) is 4.79 Å². The average molecular weight is 289 g/mol. The highest BCUT2D eigenvalue weighted by molar-refractivity contribution is 9.08. The first-order valence-corrected chi connectivity index (χ1v) is 6.64. The van der Waals surface area contributed by atoms with E-state index in [0.29, 0.717) is 6.42 Å². The van der Waals surface area contributed by atoms with Gasteiger partial charge in [0.05, 0.1) is 0 Å². The van der Waals surface area contributed by atoms with Crippen molar-refractivity contribution in [1.29, 1.82) is 0 Å². The monoisotopic (exact) mass is 288 g/mol. The van der Waals surface area contributed by atoms with E-state index in [2.05, 4.69) is 15.9 Å². The predicted molar refractivity (Wildman–Crippen MR) is 73.5 cm³/mol. The Kier molecular flexibility index (Phi) is 4.10. The number of benzene rings is 2. The van der Waals surface area contributed by atoms with Gasteiger partial charge in [-0.2, -0.15) is 0 Å². The van der Waals surface area contributed by atoms with E-state index in [1.165, 1.54) is 5.56 Å². The molecule has 2 rings (SSSR count). The Balaban J connectivity index is 2.09. The number of carbonyl (C=O) groups excluding carboxylic acids is 1. The highest BCUT2D eigenvalue weighted by Crippen LogP contribution is 2.11. The largest absolute Gasteiger partial charge is 0.294 e. The van der Waals surface area contributed by atoms with Gasteiger partial charge in [0, 0.05) is 17.3 Å². The standard InChI is InChI=1S/C15H13BrO/c16-11-13-6-8-14(9-7-13)15(17)10-12-4-2-1-3-5-12/h1-9H,10-11H2. The van der Waals surface area contributed by atoms with E-state index >= 15 is 0 Å². The quantitative estimate of drug-likeness (QED) is 0.614. The van der Waals surface area contributed by atoms with Crippen molar-refractivity contribution >= 4 is 21.7 Å². The minimum atomic E-state index is 0.164. The number of Topliss-reactive ketones (excluding diaryl/α,β-unsaturated/α-hetero) is 1. The lowest BCUT2D eigenvalue weighted by Crippen LogP contribution is -2.03. The molecule has 0 saturated carbocycles. The van der Waals surface area contributed by atoms with Crippen LogP contribution in [-0.2, 0) is 11.8 Å². The Morgan fingerprint density at radius 1 is 0.882 bits per heavy atom. The van der Waals surface area contributed by atoms with Gasteiger partial charge in [-0.05, 0) is 11.1 Å². The van der Waals surface area contributed by atoms with Crippen LogP contribution in [0.1, 0.15) is 21.5 Å². The average Bonchev–Trinajstić information content (AvgIpc) is 2.40. The van der Waals surface area contributed by atoms with Crippen molar-refractivity contribution in [3.05, 3.63) is 71.3 Å². The van der Waals surface area contributed by atoms with Crippen LogP contribution in [0.5, 0.6) is 0 Å². The first-order chi connectivity index (χ1) is 8.29. The summed E-state index contributed by atoms with van der Waals surface area (Å²) in [5.41, 5.74) is 3.02. The van der Waals surface area contributed by atoms with Crippen molar-refractivity contribution < 1.29 is 4.79 Å². The summed E-state index contributed by atoms with van der Waals surface area (Å²) in [5.74, 6) is 0.164. The molecule has 0 aliphatic carbocycles. The summed E-state index contributed by atoms with van der Waals surface area (Å²) in [6.45, 7) is 0. The number of halogens is 1. The smallest absolute Gasteiger partial charge is 0.167 e. The second-order valence-electron chi connectivity index (χ2n) is 3.92. The molecule has 17 heavy (non-hydrogen) atoms. The molecule has 0 aliphatic heterocycles. The molecular formula is C15H13BrO. The maximum absolute atomic E-state index is 12.0. The van der Waals surface area contributed by atoms with Crippen LogP contribution in [0.25, 0.3) is 0 Å². The fraction of sp³-hybridized carbons (Fsp3) is 0.133. The van der Waals surface area contributed by atoms with Gasteiger partial charge in [-0.15, -0.1) is 0 Å². The maximum atomic E-state index is 12.0. The Hall–Kier alpha value is -1.41. The zero-order valence-corrected chi connectivity index (χ0v) is 11.0. The van der Waals surface area contributed by atoms with E-state index in [1.54, 1.807) is 0 Å². The van der Waals surface area contributed by atoms with Crippen molar-refractivity contribution in [2.75, 3.05) is 0 Å². The summed E-state index contributed by atoms with van der Waals surface area (Å²) in [4.78, 5) is 12.0. The molecule has 0 radical (unpaired) electrons. The Morgan fingerprint density at radius 3 is 2.12 bits per heavy atom. The molecule has 0 heterocycles. The van der Waals surface area contributed by atoms with Crippen LogP contribution in [0.4, 0.5) is 0 Å². The molecular weight excluding hydrogens is 276 g/mol. The van der Waals surface area contributed by atoms with Gasteiger partial charge in [0.15, 0.2) is 5.78 Å². The van der Waals surface area contributed by atoms with Crippen LogP contribution >= 0.6 is 15.9 Å². The Morgan fingerprint density at radius 2 is 1.53 bits per heavy atom. The molecule has 0 amide bonds. The molecule has 0 aliphatic rings. The van der Waals surface area contributed by atoms with E-state index in [1.807, 2.05) is 54.6 Å². The molecule has 0 unspecified atom stereocenters. The summed E-state index contributed by atoms with van der Waals surface area (Å²) in [6.07, 6.45) is 0.467. The lowest BCUT2D eigenvalue weighted by molar-refractivity contribution is 0.0993. The van der Waals surface area contributed by atoms with Gasteiger partial charge in [0.25, 0.3) is 0 Å². The number of ketones is 1. The van der Waals surface area contributed by atoms with Crippen molar-refractivity contribution in [2.45, 2.75) is 11.8 Å². The van der Waals surface area contributed by atoms with Crippen molar-refractivity contribution in [3.8, 4) is 0 Å². The molecule has 0 saturated heterocycles. The van der Waals surface area contributed by atoms with Crippen LogP contribution in [0, 0.1) is 0 Å². The third kappa shape index (κ3) is 3.27. The number of alkyl halides is 1. The molecule has 0 aromatic heterocycles. The van der Waals surface area contributed by atoms with Crippen LogP contribution in [-0.4, -0.2) is 5.78 Å². The molecule has 0 N–H and O–H groups in total. The Labute approximate surface area is 110 Å². The van der Waals surface area contributed by atoms with Gasteiger partial charge in [0.1, 0.15) is 0 Å². The molecule has 1 nitrogen and oxygen atoms in total. The molecule has 2 heteroatoms. The minimum absolute atomic E-state index is 0.164. The van der Waals surface area contributed by atoms with E-state index in [4.69, 9.17) is 0 Å². The van der Waals surface area contributed by atoms with Gasteiger partial charge in [-0.3, -0.25) is 4.79 Å². The maximum Gasteiger partial charge on any atom is 0.167 e. The first kappa shape index (κ1) is 12.1. The molecule has 86 valence electrons. The summed E-state index contributed by atoms with van der Waals surface area (Å²) in [5, 5.41) is 0.820. The van der Waals surface area contributed by atoms with Gasteiger partial charge >= 0.3 is 0 Å². The summed E-state index contributed by atoms with van der Waals surface area (Å²) in [7, 11) is 0. The third-order valence-corrected chi connectivity index (χ3v) is 3.29. The van der Waals surface area contributed by atoms with Crippen molar-refractivity contribution in [2.24, 2.45) is 0 Å². The molecule has 0 fully saturated rings. The SMILES string of the molecule is O=C(Cc1ccccc1)c1ccc(CBr)cc1. The molecule has 2 aromatic rings. The van der Waals surface area contributed by atoms with Gasteiger partial charge in [-0.1, -0.05) is 70.5 Å². The fourth-order valence-corrected chi connectivity index (χ4v) is 2.04. The van der Waals surface area contributed by atoms with Crippen LogP contribution in [0.2, 0.25) is 0 Å². The molecule has 0 spiro atoms. The van der Waals surface area contributed by atoms with Crippen molar-refractivity contribution in [1.82, 2.24) is 0 Å². The van der Waals surface area contributed by atoms with Gasteiger partial charge < -0.3 is 0 Å². The van der Waals surface area contributed by atoms with Crippen molar-refractivity contribution in [3.63, 3.8) is 0 Å². The lowest BCUT2D eigenvalue weighted by atomic mass is 10.0. The van der Waals surface area contributed by atoms with E-state index in [0.717, 1.165) is 16.5 Å². The Bertz CT molecular complexity index is 488. The van der Waals surface area contributed by atoms with E-state index < -0.39 is 0 Å². The number of hydrogen-bond acceptors (Lipinski definition) is 1. The highest BCUT2D eigenvalue weighted by Gasteiger charge is 2.06. The third-order valence-electron chi connectivity index (χ3n) is 2.64. The molecule has 0 bridgehead atoms. The van der Waals surface area contributed by atoms with E-state index in [-0.39, 0.29) is 5.78 Å². The zero-order valence-electron chi connectivity index (χ0n) is 9.40. The van der Waals surface area contributed by atoms with Crippen LogP contribution < -0.4 is 0 Å². The minimum Gasteiger partial charge on any atom is -0.294 e. The number of rotatable bonds is 4. The number of hydrogen-bond donors (Lipinski definition) is 0. The summed E-state index contributed by atoms with van der Waals surface area (Å²) >= 11 is 3.39. The molecule has 2 aromatic carbocycles. The first-order valence-electron chi connectivity index (χ1n) is 5.51. The van der Waals surface area contributed by atoms with Gasteiger partial charge in [0.2, 0.25) is 0 Å². The predicted octanol–water partition coefficient (Wildman–Crippen LogP) is 4.01. The van der Waals surface area contributed by atoms with Crippen LogP contribution in [0.3, 0.4) is 0 Å². The fourth-order valence-electron chi connectivity index (χ4n) is 1.66. The number of carbonyl (C=O) groups is 1. The zero-order chi connectivity index (χ0) is 12.1. The lowest BCUT2D eigenvalue weighted by Gasteiger charge is -2.02. The van der Waals surface area contributed by atoms with Gasteiger partial charge in [-0.25, -0.2) is 0 Å².